The van der Waals surface area contributed by atoms with Crippen LogP contribution in [0.2, 0.25) is 5.02 Å². The molecule has 0 aliphatic rings. The van der Waals surface area contributed by atoms with Gasteiger partial charge in [0.1, 0.15) is 5.82 Å². The predicted molar refractivity (Wildman–Crippen MR) is 79.9 cm³/mol. The van der Waals surface area contributed by atoms with Crippen LogP contribution in [0.15, 0.2) is 24.3 Å². The first-order valence-corrected chi connectivity index (χ1v) is 6.96. The maximum Gasteiger partial charge on any atom is 0.182 e. The summed E-state index contributed by atoms with van der Waals surface area (Å²) in [6.45, 7) is 5.29. The normalized spacial score (nSPS) is 12.5. The van der Waals surface area contributed by atoms with Gasteiger partial charge in [-0.3, -0.25) is 4.79 Å². The highest BCUT2D eigenvalue weighted by molar-refractivity contribution is 6.33. The van der Waals surface area contributed by atoms with E-state index in [-0.39, 0.29) is 5.78 Å². The van der Waals surface area contributed by atoms with E-state index in [2.05, 4.69) is 0 Å². The molecule has 106 valence electrons. The summed E-state index contributed by atoms with van der Waals surface area (Å²) >= 11 is 11.7. The fourth-order valence-electron chi connectivity index (χ4n) is 2.29. The Kier molecular flexibility index (Phi) is 4.21. The third-order valence-electron chi connectivity index (χ3n) is 3.16. The molecule has 2 aromatic rings. The van der Waals surface area contributed by atoms with Crippen molar-refractivity contribution in [3.63, 3.8) is 0 Å². The number of aryl methyl sites for hydroxylation is 1. The van der Waals surface area contributed by atoms with Gasteiger partial charge in [0.15, 0.2) is 5.78 Å². The van der Waals surface area contributed by atoms with Gasteiger partial charge >= 0.3 is 0 Å². The van der Waals surface area contributed by atoms with Crippen molar-refractivity contribution in [1.82, 2.24) is 4.57 Å². The molecule has 1 atom stereocenters. The molecule has 5 heteroatoms. The van der Waals surface area contributed by atoms with Crippen molar-refractivity contribution in [2.75, 3.05) is 0 Å². The van der Waals surface area contributed by atoms with Gasteiger partial charge in [0, 0.05) is 27.7 Å². The Morgan fingerprint density at radius 1 is 1.25 bits per heavy atom. The molecule has 0 bridgehead atoms. The second kappa shape index (κ2) is 5.58. The van der Waals surface area contributed by atoms with Crippen LogP contribution in [-0.4, -0.2) is 15.7 Å². The van der Waals surface area contributed by atoms with Crippen molar-refractivity contribution >= 4 is 29.0 Å². The third kappa shape index (κ3) is 2.74. The van der Waals surface area contributed by atoms with Crippen molar-refractivity contribution in [2.24, 2.45) is 0 Å². The van der Waals surface area contributed by atoms with E-state index in [9.17, 15) is 9.18 Å². The molecule has 2 rings (SSSR count). The summed E-state index contributed by atoms with van der Waals surface area (Å²) in [6, 6.07) is 6.04. The lowest BCUT2D eigenvalue weighted by atomic mass is 10.1. The Morgan fingerprint density at radius 3 is 2.45 bits per heavy atom. The van der Waals surface area contributed by atoms with Crippen molar-refractivity contribution < 1.29 is 9.18 Å². The number of nitrogens with zero attached hydrogens (tertiary/aromatic N) is 1. The molecule has 0 aliphatic carbocycles. The maximum atomic E-state index is 13.5. The smallest absolute Gasteiger partial charge is 0.182 e. The Hall–Kier alpha value is -1.32. The first-order valence-electron chi connectivity index (χ1n) is 6.15. The van der Waals surface area contributed by atoms with Gasteiger partial charge < -0.3 is 4.57 Å². The van der Waals surface area contributed by atoms with E-state index >= 15 is 0 Å². The minimum Gasteiger partial charge on any atom is -0.318 e. The van der Waals surface area contributed by atoms with Crippen LogP contribution in [0, 0.1) is 19.7 Å². The molecule has 1 aromatic heterocycles. The Labute approximate surface area is 127 Å². The van der Waals surface area contributed by atoms with Crippen LogP contribution in [0.4, 0.5) is 4.39 Å². The lowest BCUT2D eigenvalue weighted by Gasteiger charge is -2.11. The molecule has 0 spiro atoms. The molecule has 0 radical (unpaired) electrons. The lowest BCUT2D eigenvalue weighted by Crippen LogP contribution is -2.11. The summed E-state index contributed by atoms with van der Waals surface area (Å²) in [7, 11) is 0. The zero-order valence-corrected chi connectivity index (χ0v) is 12.9. The number of hydrogen-bond donors (Lipinski definition) is 0. The summed E-state index contributed by atoms with van der Waals surface area (Å²) in [5.41, 5.74) is 2.68. The Bertz CT molecular complexity index is 657. The first kappa shape index (κ1) is 15.1. The summed E-state index contributed by atoms with van der Waals surface area (Å²) in [5, 5.41) is -0.286. The molecule has 2 nitrogen and oxygen atoms in total. The number of ketones is 1. The number of halogens is 3. The van der Waals surface area contributed by atoms with E-state index in [1.165, 1.54) is 12.1 Å². The number of aromatic nitrogens is 1. The van der Waals surface area contributed by atoms with Crippen molar-refractivity contribution in [1.29, 1.82) is 0 Å². The van der Waals surface area contributed by atoms with Crippen molar-refractivity contribution in [3.05, 3.63) is 52.1 Å². The Balaban J connectivity index is 2.61. The fourth-order valence-corrected chi connectivity index (χ4v) is 2.63. The second-order valence-corrected chi connectivity index (χ2v) is 5.82. The Morgan fingerprint density at radius 2 is 1.90 bits per heavy atom. The summed E-state index contributed by atoms with van der Waals surface area (Å²) in [5.74, 6) is -0.563. The molecule has 1 heterocycles. The van der Waals surface area contributed by atoms with Crippen LogP contribution in [0.5, 0.6) is 0 Å². The summed E-state index contributed by atoms with van der Waals surface area (Å²) in [4.78, 5) is 12.1. The van der Waals surface area contributed by atoms with Crippen LogP contribution in [-0.2, 0) is 0 Å². The summed E-state index contributed by atoms with van der Waals surface area (Å²) in [6.07, 6.45) is 0. The van der Waals surface area contributed by atoms with Gasteiger partial charge in [0.05, 0.1) is 5.38 Å². The largest absolute Gasteiger partial charge is 0.318 e. The van der Waals surface area contributed by atoms with Crippen LogP contribution in [0.25, 0.3) is 5.69 Å². The highest BCUT2D eigenvalue weighted by Crippen LogP contribution is 2.25. The van der Waals surface area contributed by atoms with Gasteiger partial charge in [0.2, 0.25) is 0 Å². The SMILES string of the molecule is Cc1cc(C(=O)C(C)Cl)c(C)n1-c1cc(F)cc(Cl)c1. The molecule has 0 amide bonds. The van der Waals surface area contributed by atoms with Crippen LogP contribution >= 0.6 is 23.2 Å². The molecule has 0 saturated heterocycles. The number of carbonyl (C=O) groups excluding carboxylic acids is 1. The second-order valence-electron chi connectivity index (χ2n) is 4.73. The lowest BCUT2D eigenvalue weighted by molar-refractivity contribution is 0.0991. The average Bonchev–Trinajstić information content (AvgIpc) is 2.62. The monoisotopic (exact) mass is 313 g/mol. The van der Waals surface area contributed by atoms with Gasteiger partial charge in [0.25, 0.3) is 0 Å². The van der Waals surface area contributed by atoms with Gasteiger partial charge in [-0.15, -0.1) is 11.6 Å². The molecule has 0 aliphatic heterocycles. The van der Waals surface area contributed by atoms with Gasteiger partial charge in [-0.05, 0) is 45.0 Å². The minimum atomic E-state index is -0.597. The standard InChI is InChI=1S/C15H14Cl2FNO/c1-8-4-14(15(20)9(2)16)10(3)19(8)13-6-11(17)5-12(18)7-13/h4-7,9H,1-3H3. The molecule has 0 fully saturated rings. The molecule has 1 aromatic carbocycles. The average molecular weight is 314 g/mol. The summed E-state index contributed by atoms with van der Waals surface area (Å²) < 4.78 is 15.3. The highest BCUT2D eigenvalue weighted by atomic mass is 35.5. The van der Waals surface area contributed by atoms with Crippen LogP contribution in [0.3, 0.4) is 0 Å². The topological polar surface area (TPSA) is 22.0 Å². The number of carbonyl (C=O) groups is 1. The van der Waals surface area contributed by atoms with Crippen LogP contribution < -0.4 is 0 Å². The van der Waals surface area contributed by atoms with Crippen LogP contribution in [0.1, 0.15) is 28.7 Å². The molecular weight excluding hydrogens is 300 g/mol. The minimum absolute atomic E-state index is 0.145. The van der Waals surface area contributed by atoms with E-state index in [0.717, 1.165) is 11.4 Å². The van der Waals surface area contributed by atoms with Crippen molar-refractivity contribution in [3.8, 4) is 5.69 Å². The van der Waals surface area contributed by atoms with E-state index < -0.39 is 11.2 Å². The predicted octanol–water partition coefficient (Wildman–Crippen LogP) is 4.70. The number of rotatable bonds is 3. The van der Waals surface area contributed by atoms with Gasteiger partial charge in [-0.25, -0.2) is 4.39 Å². The zero-order chi connectivity index (χ0) is 15.0. The number of hydrogen-bond acceptors (Lipinski definition) is 1. The number of Topliss-reactive ketones (excluding diaryl/α,β-unsaturated/α-hetero) is 1. The van der Waals surface area contributed by atoms with E-state index in [0.29, 0.717) is 16.3 Å². The van der Waals surface area contributed by atoms with Crippen molar-refractivity contribution in [2.45, 2.75) is 26.1 Å². The molecular formula is C15H14Cl2FNO. The fraction of sp³-hybridized carbons (Fsp3) is 0.267. The van der Waals surface area contributed by atoms with Gasteiger partial charge in [-0.2, -0.15) is 0 Å². The molecule has 1 unspecified atom stereocenters. The first-order chi connectivity index (χ1) is 9.31. The highest BCUT2D eigenvalue weighted by Gasteiger charge is 2.20. The van der Waals surface area contributed by atoms with E-state index in [1.54, 1.807) is 30.5 Å². The number of benzene rings is 1. The number of alkyl halides is 1. The molecule has 0 saturated carbocycles. The van der Waals surface area contributed by atoms with E-state index in [1.807, 2.05) is 6.92 Å². The molecule has 20 heavy (non-hydrogen) atoms. The maximum absolute atomic E-state index is 13.5. The van der Waals surface area contributed by atoms with E-state index in [4.69, 9.17) is 23.2 Å². The quantitative estimate of drug-likeness (QED) is 0.595. The third-order valence-corrected chi connectivity index (χ3v) is 3.58. The zero-order valence-electron chi connectivity index (χ0n) is 11.4. The molecule has 0 N–H and O–H groups in total. The van der Waals surface area contributed by atoms with Gasteiger partial charge in [-0.1, -0.05) is 11.6 Å².